The molecule has 3 aromatic carbocycles. The Balaban J connectivity index is 1.76. The van der Waals surface area contributed by atoms with Gasteiger partial charge in [0.1, 0.15) is 23.2 Å². The van der Waals surface area contributed by atoms with Gasteiger partial charge in [-0.1, -0.05) is 24.3 Å². The van der Waals surface area contributed by atoms with E-state index < -0.39 is 35.3 Å². The van der Waals surface area contributed by atoms with E-state index in [0.29, 0.717) is 39.2 Å². The zero-order valence-corrected chi connectivity index (χ0v) is 24.0. The van der Waals surface area contributed by atoms with Crippen molar-refractivity contribution in [2.24, 2.45) is 0 Å². The molecule has 2 N–H and O–H groups in total. The largest absolute Gasteiger partial charge is 0.477 e. The molecule has 1 unspecified atom stereocenters. The van der Waals surface area contributed by atoms with Crippen molar-refractivity contribution in [2.75, 3.05) is 19.4 Å². The van der Waals surface area contributed by atoms with Gasteiger partial charge in [-0.15, -0.1) is 0 Å². The van der Waals surface area contributed by atoms with Crippen molar-refractivity contribution in [1.82, 2.24) is 14.9 Å². The summed E-state index contributed by atoms with van der Waals surface area (Å²) in [6.07, 6.45) is -0.00475. The molecule has 9 nitrogen and oxygen atoms in total. The van der Waals surface area contributed by atoms with Crippen molar-refractivity contribution in [3.63, 3.8) is 0 Å². The first-order valence-electron chi connectivity index (χ1n) is 13.2. The molecule has 0 radical (unpaired) electrons. The number of rotatable bonds is 9. The smallest absolute Gasteiger partial charge is 0.379 e. The van der Waals surface area contributed by atoms with E-state index in [1.165, 1.54) is 30.9 Å². The summed E-state index contributed by atoms with van der Waals surface area (Å²) in [6, 6.07) is 12.8. The van der Waals surface area contributed by atoms with Crippen molar-refractivity contribution in [3.8, 4) is 16.9 Å². The Kier molecular flexibility index (Phi) is 8.70. The maximum atomic E-state index is 15.2. The number of aliphatic carboxylic acids is 1. The Bertz CT molecular complexity index is 1740. The molecule has 4 rings (SSSR count). The fourth-order valence-electron chi connectivity index (χ4n) is 4.53. The minimum absolute atomic E-state index is 0.00475. The van der Waals surface area contributed by atoms with Crippen LogP contribution in [0.15, 0.2) is 54.6 Å². The Morgan fingerprint density at radius 3 is 2.37 bits per heavy atom. The number of carboxylic acid groups (broad SMARTS) is 1. The summed E-state index contributed by atoms with van der Waals surface area (Å²) in [6.45, 7) is 4.47. The van der Waals surface area contributed by atoms with Crippen LogP contribution in [0.2, 0.25) is 0 Å². The number of aromatic nitrogens is 2. The zero-order valence-electron chi connectivity index (χ0n) is 24.0. The van der Waals surface area contributed by atoms with E-state index in [9.17, 15) is 23.2 Å². The lowest BCUT2D eigenvalue weighted by Gasteiger charge is -2.20. The van der Waals surface area contributed by atoms with Crippen LogP contribution in [0.25, 0.3) is 22.0 Å². The number of anilines is 1. The molecule has 0 saturated carbocycles. The van der Waals surface area contributed by atoms with Gasteiger partial charge in [0.15, 0.2) is 0 Å². The van der Waals surface area contributed by atoms with Crippen molar-refractivity contribution in [2.45, 2.75) is 39.2 Å². The maximum Gasteiger partial charge on any atom is 0.379 e. The average molecular weight is 595 g/mol. The third kappa shape index (κ3) is 6.58. The third-order valence-electron chi connectivity index (χ3n) is 6.75. The van der Waals surface area contributed by atoms with E-state index in [2.05, 4.69) is 15.3 Å². The average Bonchev–Trinajstić information content (AvgIpc) is 2.93. The first kappa shape index (κ1) is 30.9. The number of hydrogen-bond acceptors (Lipinski definition) is 7. The third-order valence-corrected chi connectivity index (χ3v) is 6.75. The molecule has 1 aromatic heterocycles. The van der Waals surface area contributed by atoms with Gasteiger partial charge < -0.3 is 20.1 Å². The quantitative estimate of drug-likeness (QED) is 0.188. The van der Waals surface area contributed by atoms with Crippen LogP contribution >= 0.6 is 0 Å². The molecule has 0 bridgehead atoms. The fraction of sp³-hybridized carbons (Fsp3) is 0.258. The van der Waals surface area contributed by atoms with Crippen LogP contribution in [-0.4, -0.2) is 51.9 Å². The molecule has 43 heavy (non-hydrogen) atoms. The number of nitrogens with zero attached hydrogens (tertiary/aromatic N) is 3. The number of amides is 1. The molecule has 1 atom stereocenters. The number of nitrogens with one attached hydrogen (secondary N) is 1. The van der Waals surface area contributed by atoms with Gasteiger partial charge in [-0.2, -0.15) is 8.78 Å². The van der Waals surface area contributed by atoms with Crippen molar-refractivity contribution in [1.29, 1.82) is 0 Å². The highest BCUT2D eigenvalue weighted by Crippen LogP contribution is 2.36. The van der Waals surface area contributed by atoms with Crippen molar-refractivity contribution < 1.29 is 37.4 Å². The minimum Gasteiger partial charge on any atom is -0.477 e. The van der Waals surface area contributed by atoms with Gasteiger partial charge in [0, 0.05) is 37.5 Å². The van der Waals surface area contributed by atoms with Crippen LogP contribution in [0, 0.1) is 12.7 Å². The van der Waals surface area contributed by atoms with Gasteiger partial charge in [0.25, 0.3) is 0 Å². The second kappa shape index (κ2) is 12.1. The number of alkyl halides is 2. The van der Waals surface area contributed by atoms with E-state index in [1.807, 2.05) is 6.07 Å². The van der Waals surface area contributed by atoms with E-state index in [-0.39, 0.29) is 23.6 Å². The molecule has 224 valence electrons. The van der Waals surface area contributed by atoms with Gasteiger partial charge in [0.2, 0.25) is 5.91 Å². The van der Waals surface area contributed by atoms with Gasteiger partial charge in [0.05, 0.1) is 23.5 Å². The highest BCUT2D eigenvalue weighted by Gasteiger charge is 2.44. The second-order valence-electron chi connectivity index (χ2n) is 10.2. The van der Waals surface area contributed by atoms with Gasteiger partial charge in [-0.05, 0) is 55.3 Å². The van der Waals surface area contributed by atoms with Crippen LogP contribution in [-0.2, 0) is 26.7 Å². The number of hydrogen-bond donors (Lipinski definition) is 2. The van der Waals surface area contributed by atoms with Gasteiger partial charge in [-0.3, -0.25) is 9.59 Å². The minimum atomic E-state index is -4.41. The predicted molar refractivity (Wildman–Crippen MR) is 153 cm³/mol. The Hall–Kier alpha value is -5.00. The van der Waals surface area contributed by atoms with Crippen LogP contribution in [0.3, 0.4) is 0 Å². The number of fused-ring (bicyclic) bond motifs is 1. The summed E-state index contributed by atoms with van der Waals surface area (Å²) < 4.78 is 48.8. The predicted octanol–water partition coefficient (Wildman–Crippen LogP) is 5.65. The summed E-state index contributed by atoms with van der Waals surface area (Å²) in [5.74, 6) is -7.95. The highest BCUT2D eigenvalue weighted by atomic mass is 19.3. The van der Waals surface area contributed by atoms with Crippen molar-refractivity contribution >= 4 is 34.6 Å². The van der Waals surface area contributed by atoms with Crippen molar-refractivity contribution in [3.05, 3.63) is 82.9 Å². The number of ether oxygens (including phenoxy) is 1. The second-order valence-corrected chi connectivity index (χ2v) is 10.2. The number of halogens is 3. The Labute approximate surface area is 245 Å². The van der Waals surface area contributed by atoms with E-state index >= 15 is 4.39 Å². The summed E-state index contributed by atoms with van der Waals surface area (Å²) in [4.78, 5) is 45.5. The number of carboxylic acids is 1. The molecule has 0 aliphatic rings. The molecule has 0 fully saturated rings. The molecule has 1 amide bonds. The maximum absolute atomic E-state index is 15.2. The van der Waals surface area contributed by atoms with Crippen LogP contribution in [0.4, 0.5) is 19.0 Å². The molecule has 0 aliphatic heterocycles. The topological polar surface area (TPSA) is 122 Å². The monoisotopic (exact) mass is 594 g/mol. The summed E-state index contributed by atoms with van der Waals surface area (Å²) in [5.41, 5.74) is 1.06. The van der Waals surface area contributed by atoms with E-state index in [4.69, 9.17) is 9.84 Å². The molecule has 4 aromatic rings. The zero-order chi connectivity index (χ0) is 31.6. The molecule has 12 heteroatoms. The Morgan fingerprint density at radius 2 is 1.72 bits per heavy atom. The standard InChI is InChI=1S/C31H29F3N4O5/c1-16(22-7-6-8-24(28(22)32)31(33,34)30(41)42)35-29-23-14-20(9-11-25(23)36-17(2)37-29)19-10-12-26(43-18(3)39)21(13-19)15-27(40)38(4)5/h6-14,16H,15H2,1-5H3,(H,41,42)(H,35,36,37). The first-order valence-corrected chi connectivity index (χ1v) is 13.2. The van der Waals surface area contributed by atoms with E-state index in [0.717, 1.165) is 6.07 Å². The lowest BCUT2D eigenvalue weighted by Crippen LogP contribution is -2.27. The van der Waals surface area contributed by atoms with Crippen LogP contribution in [0.1, 0.15) is 42.4 Å². The lowest BCUT2D eigenvalue weighted by molar-refractivity contribution is -0.166. The number of carbonyl (C=O) groups excluding carboxylic acids is 2. The molecule has 1 heterocycles. The number of likely N-dealkylation sites (N-methyl/N-ethyl adjacent to an activating group) is 1. The number of esters is 1. The lowest BCUT2D eigenvalue weighted by atomic mass is 9.98. The van der Waals surface area contributed by atoms with E-state index in [1.54, 1.807) is 51.4 Å². The van der Waals surface area contributed by atoms with Crippen LogP contribution < -0.4 is 10.1 Å². The highest BCUT2D eigenvalue weighted by molar-refractivity contribution is 5.93. The van der Waals surface area contributed by atoms with Crippen LogP contribution in [0.5, 0.6) is 5.75 Å². The number of aryl methyl sites for hydroxylation is 1. The molecular formula is C31H29F3N4O5. The van der Waals surface area contributed by atoms with Gasteiger partial charge >= 0.3 is 17.9 Å². The Morgan fingerprint density at radius 1 is 1.05 bits per heavy atom. The number of carbonyl (C=O) groups is 3. The molecular weight excluding hydrogens is 565 g/mol. The normalized spacial score (nSPS) is 12.1. The number of benzene rings is 3. The fourth-order valence-corrected chi connectivity index (χ4v) is 4.53. The molecule has 0 saturated heterocycles. The first-order chi connectivity index (χ1) is 20.2. The molecule has 0 aliphatic carbocycles. The summed E-state index contributed by atoms with van der Waals surface area (Å²) >= 11 is 0. The molecule has 0 spiro atoms. The summed E-state index contributed by atoms with van der Waals surface area (Å²) in [5, 5.41) is 12.5. The van der Waals surface area contributed by atoms with Gasteiger partial charge in [-0.25, -0.2) is 19.2 Å². The summed E-state index contributed by atoms with van der Waals surface area (Å²) in [7, 11) is 3.25. The SMILES string of the molecule is CC(=O)Oc1ccc(-c2ccc3nc(C)nc(NC(C)c4cccc(C(F)(F)C(=O)O)c4F)c3c2)cc1CC(=O)N(C)C.